The van der Waals surface area contributed by atoms with Gasteiger partial charge in [-0.15, -0.1) is 0 Å². The molecule has 1 N–H and O–H groups in total. The van der Waals surface area contributed by atoms with Gasteiger partial charge in [0.2, 0.25) is 5.91 Å². The second-order valence-electron chi connectivity index (χ2n) is 5.51. The highest BCUT2D eigenvalue weighted by atomic mass is 16.4. The van der Waals surface area contributed by atoms with Crippen LogP contribution in [0.1, 0.15) is 30.9 Å². The minimum absolute atomic E-state index is 0.149. The third kappa shape index (κ3) is 3.38. The van der Waals surface area contributed by atoms with Crippen molar-refractivity contribution in [2.75, 3.05) is 13.1 Å². The van der Waals surface area contributed by atoms with Crippen LogP contribution in [0.25, 0.3) is 0 Å². The van der Waals surface area contributed by atoms with E-state index < -0.39 is 0 Å². The minimum Gasteiger partial charge on any atom is -0.411 e. The first-order valence-corrected chi connectivity index (χ1v) is 7.15. The molecular weight excluding hydrogens is 252 g/mol. The van der Waals surface area contributed by atoms with Gasteiger partial charge in [-0.2, -0.15) is 0 Å². The van der Waals surface area contributed by atoms with Crippen molar-refractivity contribution in [3.05, 3.63) is 35.4 Å². The summed E-state index contributed by atoms with van der Waals surface area (Å²) in [7, 11) is 0. The topological polar surface area (TPSA) is 52.9 Å². The SMILES string of the molecule is Cc1ccccc1CCC(=O)N1CC/C(=N\O)C(C)C1. The Kier molecular flexibility index (Phi) is 4.77. The van der Waals surface area contributed by atoms with Crippen LogP contribution in [-0.4, -0.2) is 34.8 Å². The van der Waals surface area contributed by atoms with E-state index >= 15 is 0 Å². The molecule has 4 nitrogen and oxygen atoms in total. The zero-order chi connectivity index (χ0) is 14.5. The predicted molar refractivity (Wildman–Crippen MR) is 79.1 cm³/mol. The molecule has 0 radical (unpaired) electrons. The fourth-order valence-electron chi connectivity index (χ4n) is 2.69. The summed E-state index contributed by atoms with van der Waals surface area (Å²) in [5.74, 6) is 0.341. The first kappa shape index (κ1) is 14.6. The predicted octanol–water partition coefficient (Wildman–Crippen LogP) is 2.63. The molecule has 1 fully saturated rings. The Balaban J connectivity index is 1.89. The van der Waals surface area contributed by atoms with Crippen molar-refractivity contribution in [1.29, 1.82) is 0 Å². The molecule has 1 amide bonds. The first-order chi connectivity index (χ1) is 9.61. The van der Waals surface area contributed by atoms with E-state index in [1.807, 2.05) is 24.0 Å². The molecule has 0 spiro atoms. The molecule has 1 aromatic rings. The average Bonchev–Trinajstić information content (AvgIpc) is 2.46. The zero-order valence-electron chi connectivity index (χ0n) is 12.2. The highest BCUT2D eigenvalue weighted by Crippen LogP contribution is 2.16. The quantitative estimate of drug-likeness (QED) is 0.680. The van der Waals surface area contributed by atoms with Crippen LogP contribution in [0.5, 0.6) is 0 Å². The third-order valence-corrected chi connectivity index (χ3v) is 4.05. The standard InChI is InChI=1S/C16H22N2O2/c1-12-5-3-4-6-14(12)7-8-16(19)18-10-9-15(17-20)13(2)11-18/h3-6,13,20H,7-11H2,1-2H3/b17-15+. The fourth-order valence-corrected chi connectivity index (χ4v) is 2.69. The molecule has 1 aliphatic rings. The number of carbonyl (C=O) groups is 1. The number of piperidine rings is 1. The molecule has 1 unspecified atom stereocenters. The summed E-state index contributed by atoms with van der Waals surface area (Å²) < 4.78 is 0. The van der Waals surface area contributed by atoms with E-state index in [1.165, 1.54) is 11.1 Å². The summed E-state index contributed by atoms with van der Waals surface area (Å²) in [5.41, 5.74) is 3.28. The molecule has 2 rings (SSSR count). The third-order valence-electron chi connectivity index (χ3n) is 4.05. The molecule has 0 aliphatic carbocycles. The molecule has 1 aliphatic heterocycles. The van der Waals surface area contributed by atoms with Gasteiger partial charge in [-0.05, 0) is 24.5 Å². The fraction of sp³-hybridized carbons (Fsp3) is 0.500. The lowest BCUT2D eigenvalue weighted by atomic mass is 9.97. The van der Waals surface area contributed by atoms with Gasteiger partial charge in [0.05, 0.1) is 5.71 Å². The smallest absolute Gasteiger partial charge is 0.222 e. The molecule has 20 heavy (non-hydrogen) atoms. The number of amides is 1. The van der Waals surface area contributed by atoms with E-state index in [0.717, 1.165) is 12.1 Å². The Morgan fingerprint density at radius 1 is 1.45 bits per heavy atom. The van der Waals surface area contributed by atoms with Gasteiger partial charge < -0.3 is 10.1 Å². The lowest BCUT2D eigenvalue weighted by Gasteiger charge is -2.31. The molecule has 1 saturated heterocycles. The zero-order valence-corrected chi connectivity index (χ0v) is 12.2. The molecule has 1 heterocycles. The first-order valence-electron chi connectivity index (χ1n) is 7.15. The van der Waals surface area contributed by atoms with Gasteiger partial charge >= 0.3 is 0 Å². The van der Waals surface area contributed by atoms with Gasteiger partial charge in [0.25, 0.3) is 0 Å². The number of likely N-dealkylation sites (tertiary alicyclic amines) is 1. The number of carbonyl (C=O) groups excluding carboxylic acids is 1. The van der Waals surface area contributed by atoms with Crippen LogP contribution in [0.4, 0.5) is 0 Å². The number of hydrogen-bond acceptors (Lipinski definition) is 3. The van der Waals surface area contributed by atoms with E-state index in [2.05, 4.69) is 24.2 Å². The van der Waals surface area contributed by atoms with Crippen LogP contribution < -0.4 is 0 Å². The minimum atomic E-state index is 0.149. The lowest BCUT2D eigenvalue weighted by Crippen LogP contribution is -2.43. The Hall–Kier alpha value is -1.84. The number of benzene rings is 1. The summed E-state index contributed by atoms with van der Waals surface area (Å²) in [6.45, 7) is 5.39. The Labute approximate surface area is 120 Å². The monoisotopic (exact) mass is 274 g/mol. The molecule has 0 saturated carbocycles. The van der Waals surface area contributed by atoms with Gasteiger partial charge in [-0.3, -0.25) is 4.79 Å². The number of hydrogen-bond donors (Lipinski definition) is 1. The van der Waals surface area contributed by atoms with Crippen LogP contribution in [0.2, 0.25) is 0 Å². The summed E-state index contributed by atoms with van der Waals surface area (Å²) in [6, 6.07) is 8.19. The van der Waals surface area contributed by atoms with E-state index in [1.54, 1.807) is 0 Å². The van der Waals surface area contributed by atoms with Crippen LogP contribution in [-0.2, 0) is 11.2 Å². The normalized spacial score (nSPS) is 21.2. The molecule has 0 bridgehead atoms. The van der Waals surface area contributed by atoms with Crippen molar-refractivity contribution in [2.45, 2.75) is 33.1 Å². The number of nitrogens with zero attached hydrogens (tertiary/aromatic N) is 2. The van der Waals surface area contributed by atoms with Crippen molar-refractivity contribution >= 4 is 11.6 Å². The number of rotatable bonds is 3. The molecule has 0 aromatic heterocycles. The molecule has 1 aromatic carbocycles. The molecular formula is C16H22N2O2. The van der Waals surface area contributed by atoms with E-state index in [0.29, 0.717) is 25.9 Å². The van der Waals surface area contributed by atoms with Crippen LogP contribution >= 0.6 is 0 Å². The highest BCUT2D eigenvalue weighted by molar-refractivity contribution is 5.89. The highest BCUT2D eigenvalue weighted by Gasteiger charge is 2.25. The lowest BCUT2D eigenvalue weighted by molar-refractivity contribution is -0.131. The van der Waals surface area contributed by atoms with E-state index in [4.69, 9.17) is 5.21 Å². The summed E-state index contributed by atoms with van der Waals surface area (Å²) in [5, 5.41) is 12.2. The Morgan fingerprint density at radius 3 is 2.85 bits per heavy atom. The van der Waals surface area contributed by atoms with Gasteiger partial charge in [0.1, 0.15) is 0 Å². The van der Waals surface area contributed by atoms with Crippen molar-refractivity contribution < 1.29 is 10.0 Å². The Bertz CT molecular complexity index is 511. The van der Waals surface area contributed by atoms with E-state index in [9.17, 15) is 4.79 Å². The van der Waals surface area contributed by atoms with Gasteiger partial charge in [-0.1, -0.05) is 36.3 Å². The van der Waals surface area contributed by atoms with Crippen LogP contribution in [0.3, 0.4) is 0 Å². The van der Waals surface area contributed by atoms with E-state index in [-0.39, 0.29) is 11.8 Å². The van der Waals surface area contributed by atoms with Gasteiger partial charge in [0, 0.05) is 31.8 Å². The second-order valence-corrected chi connectivity index (χ2v) is 5.51. The molecule has 1 atom stereocenters. The Morgan fingerprint density at radius 2 is 2.20 bits per heavy atom. The van der Waals surface area contributed by atoms with Crippen molar-refractivity contribution in [2.24, 2.45) is 11.1 Å². The maximum Gasteiger partial charge on any atom is 0.222 e. The molecule has 108 valence electrons. The van der Waals surface area contributed by atoms with Crippen molar-refractivity contribution in [3.8, 4) is 0 Å². The largest absolute Gasteiger partial charge is 0.411 e. The maximum absolute atomic E-state index is 12.2. The van der Waals surface area contributed by atoms with Crippen molar-refractivity contribution in [1.82, 2.24) is 4.90 Å². The average molecular weight is 274 g/mol. The van der Waals surface area contributed by atoms with Crippen LogP contribution in [0, 0.1) is 12.8 Å². The summed E-state index contributed by atoms with van der Waals surface area (Å²) in [4.78, 5) is 14.1. The number of oxime groups is 1. The van der Waals surface area contributed by atoms with Gasteiger partial charge in [-0.25, -0.2) is 0 Å². The summed E-state index contributed by atoms with van der Waals surface area (Å²) in [6.07, 6.45) is 2.01. The second kappa shape index (κ2) is 6.55. The number of aryl methyl sites for hydroxylation is 2. The van der Waals surface area contributed by atoms with Crippen LogP contribution in [0.15, 0.2) is 29.4 Å². The maximum atomic E-state index is 12.2. The van der Waals surface area contributed by atoms with Gasteiger partial charge in [0.15, 0.2) is 0 Å². The molecule has 4 heteroatoms. The summed E-state index contributed by atoms with van der Waals surface area (Å²) >= 11 is 0. The van der Waals surface area contributed by atoms with Crippen molar-refractivity contribution in [3.63, 3.8) is 0 Å².